The highest BCUT2D eigenvalue weighted by molar-refractivity contribution is 5.92. The fourth-order valence-electron chi connectivity index (χ4n) is 0.538. The van der Waals surface area contributed by atoms with Crippen LogP contribution in [0.2, 0.25) is 0 Å². The molecule has 0 aliphatic rings. The van der Waals surface area contributed by atoms with Crippen molar-refractivity contribution in [2.24, 2.45) is 9.98 Å². The maximum atomic E-state index is 9.21. The molecule has 0 rings (SSSR count). The highest BCUT2D eigenvalue weighted by Gasteiger charge is 2.18. The van der Waals surface area contributed by atoms with Gasteiger partial charge in [-0.1, -0.05) is 0 Å². The Morgan fingerprint density at radius 1 is 1.36 bits per heavy atom. The Morgan fingerprint density at radius 2 is 1.73 bits per heavy atom. The van der Waals surface area contributed by atoms with E-state index in [0.717, 1.165) is 0 Å². The predicted molar refractivity (Wildman–Crippen MR) is 50.5 cm³/mol. The Kier molecular flexibility index (Phi) is 6.69. The molecule has 0 radical (unpaired) electrons. The van der Waals surface area contributed by atoms with Crippen LogP contribution in [0.15, 0.2) is 23.1 Å². The fourth-order valence-corrected chi connectivity index (χ4v) is 0.538. The van der Waals surface area contributed by atoms with Gasteiger partial charge < -0.3 is 5.11 Å². The Balaban J connectivity index is 0. The monoisotopic (exact) mass is 156 g/mol. The van der Waals surface area contributed by atoms with Crippen molar-refractivity contribution in [1.29, 1.82) is 0 Å². The SMILES string of the molecule is C=C.C=NC(=NC)C(C)(C)O. The molecule has 64 valence electrons. The molecule has 0 unspecified atom stereocenters. The smallest absolute Gasteiger partial charge is 0.153 e. The lowest BCUT2D eigenvalue weighted by molar-refractivity contribution is 0.152. The van der Waals surface area contributed by atoms with Crippen LogP contribution >= 0.6 is 0 Å². The topological polar surface area (TPSA) is 45.0 Å². The van der Waals surface area contributed by atoms with E-state index in [0.29, 0.717) is 5.84 Å². The zero-order chi connectivity index (χ0) is 9.49. The number of hydrogen-bond donors (Lipinski definition) is 1. The standard InChI is InChI=1S/C6H12N2O.C2H4/c1-6(2,9)5(7-3)8-4;1-2/h9H,3H2,1-2,4H3;1-2H2. The van der Waals surface area contributed by atoms with E-state index in [1.165, 1.54) is 0 Å². The molecular weight excluding hydrogens is 140 g/mol. The minimum Gasteiger partial charge on any atom is -0.382 e. The summed E-state index contributed by atoms with van der Waals surface area (Å²) >= 11 is 0. The molecule has 0 saturated carbocycles. The highest BCUT2D eigenvalue weighted by Crippen LogP contribution is 2.04. The quantitative estimate of drug-likeness (QED) is 0.347. The number of aliphatic hydroxyl groups is 1. The van der Waals surface area contributed by atoms with Gasteiger partial charge in [0.1, 0.15) is 5.60 Å². The second-order valence-electron chi connectivity index (χ2n) is 2.26. The molecule has 0 atom stereocenters. The van der Waals surface area contributed by atoms with Crippen molar-refractivity contribution in [3.8, 4) is 0 Å². The van der Waals surface area contributed by atoms with Crippen LogP contribution in [0.4, 0.5) is 0 Å². The average molecular weight is 156 g/mol. The Bertz CT molecular complexity index is 145. The van der Waals surface area contributed by atoms with Gasteiger partial charge in [-0.15, -0.1) is 13.2 Å². The molecule has 0 bridgehead atoms. The van der Waals surface area contributed by atoms with Crippen molar-refractivity contribution in [3.05, 3.63) is 13.2 Å². The summed E-state index contributed by atoms with van der Waals surface area (Å²) < 4.78 is 0. The van der Waals surface area contributed by atoms with Crippen LogP contribution in [0.5, 0.6) is 0 Å². The fraction of sp³-hybridized carbons (Fsp3) is 0.500. The summed E-state index contributed by atoms with van der Waals surface area (Å²) in [6.45, 7) is 12.5. The van der Waals surface area contributed by atoms with Crippen molar-refractivity contribution in [1.82, 2.24) is 0 Å². The summed E-state index contributed by atoms with van der Waals surface area (Å²) in [6, 6.07) is 0. The van der Waals surface area contributed by atoms with Crippen LogP contribution < -0.4 is 0 Å². The van der Waals surface area contributed by atoms with Gasteiger partial charge in [0.05, 0.1) is 0 Å². The lowest BCUT2D eigenvalue weighted by Crippen LogP contribution is -2.29. The van der Waals surface area contributed by atoms with Crippen molar-refractivity contribution in [2.45, 2.75) is 19.4 Å². The van der Waals surface area contributed by atoms with Gasteiger partial charge in [0.15, 0.2) is 5.84 Å². The molecule has 0 spiro atoms. The van der Waals surface area contributed by atoms with E-state index in [9.17, 15) is 5.11 Å². The third kappa shape index (κ3) is 5.48. The van der Waals surface area contributed by atoms with Crippen LogP contribution in [0.3, 0.4) is 0 Å². The van der Waals surface area contributed by atoms with Gasteiger partial charge in [0.2, 0.25) is 0 Å². The lowest BCUT2D eigenvalue weighted by atomic mass is 10.1. The molecule has 0 fully saturated rings. The molecule has 0 saturated heterocycles. The zero-order valence-electron chi connectivity index (χ0n) is 7.46. The number of amidine groups is 1. The molecular formula is C8H16N2O. The first-order chi connectivity index (χ1) is 5.02. The Morgan fingerprint density at radius 3 is 1.73 bits per heavy atom. The van der Waals surface area contributed by atoms with E-state index in [1.54, 1.807) is 20.9 Å². The van der Waals surface area contributed by atoms with E-state index < -0.39 is 5.60 Å². The zero-order valence-corrected chi connectivity index (χ0v) is 7.46. The van der Waals surface area contributed by atoms with Gasteiger partial charge in [-0.25, -0.2) is 4.99 Å². The van der Waals surface area contributed by atoms with Gasteiger partial charge in [-0.05, 0) is 20.6 Å². The van der Waals surface area contributed by atoms with E-state index in [2.05, 4.69) is 29.9 Å². The molecule has 11 heavy (non-hydrogen) atoms. The Labute approximate surface area is 68.2 Å². The molecule has 0 aliphatic heterocycles. The van der Waals surface area contributed by atoms with Crippen molar-refractivity contribution in [2.75, 3.05) is 7.05 Å². The highest BCUT2D eigenvalue weighted by atomic mass is 16.3. The molecule has 3 nitrogen and oxygen atoms in total. The van der Waals surface area contributed by atoms with E-state index in [4.69, 9.17) is 0 Å². The molecule has 0 amide bonds. The number of nitrogens with zero attached hydrogens (tertiary/aromatic N) is 2. The lowest BCUT2D eigenvalue weighted by Gasteiger charge is -2.14. The molecule has 0 aromatic heterocycles. The first kappa shape index (κ1) is 12.7. The van der Waals surface area contributed by atoms with Crippen LogP contribution in [-0.2, 0) is 0 Å². The maximum absolute atomic E-state index is 9.21. The number of hydrogen-bond acceptors (Lipinski definition) is 2. The van der Waals surface area contributed by atoms with Crippen molar-refractivity contribution >= 4 is 12.6 Å². The second-order valence-corrected chi connectivity index (χ2v) is 2.26. The minimum absolute atomic E-state index is 0.363. The minimum atomic E-state index is -0.962. The molecule has 0 aromatic carbocycles. The van der Waals surface area contributed by atoms with Crippen LogP contribution in [0, 0.1) is 0 Å². The molecule has 0 heterocycles. The molecule has 0 aromatic rings. The van der Waals surface area contributed by atoms with Crippen molar-refractivity contribution < 1.29 is 5.11 Å². The normalized spacial score (nSPS) is 11.5. The first-order valence-electron chi connectivity index (χ1n) is 3.18. The van der Waals surface area contributed by atoms with Crippen LogP contribution in [0.1, 0.15) is 13.8 Å². The summed E-state index contributed by atoms with van der Waals surface area (Å²) in [5.41, 5.74) is -0.962. The van der Waals surface area contributed by atoms with Crippen LogP contribution in [0.25, 0.3) is 0 Å². The maximum Gasteiger partial charge on any atom is 0.153 e. The van der Waals surface area contributed by atoms with Gasteiger partial charge >= 0.3 is 0 Å². The first-order valence-corrected chi connectivity index (χ1v) is 3.18. The molecule has 3 heteroatoms. The number of aliphatic imine (C=N–C) groups is 2. The summed E-state index contributed by atoms with van der Waals surface area (Å²) in [5, 5.41) is 9.21. The van der Waals surface area contributed by atoms with Crippen molar-refractivity contribution in [3.63, 3.8) is 0 Å². The third-order valence-electron chi connectivity index (χ3n) is 0.909. The van der Waals surface area contributed by atoms with E-state index in [1.807, 2.05) is 0 Å². The van der Waals surface area contributed by atoms with Gasteiger partial charge in [-0.2, -0.15) is 0 Å². The molecule has 1 N–H and O–H groups in total. The summed E-state index contributed by atoms with van der Waals surface area (Å²) in [5.74, 6) is 0.363. The van der Waals surface area contributed by atoms with E-state index in [-0.39, 0.29) is 0 Å². The van der Waals surface area contributed by atoms with Gasteiger partial charge in [-0.3, -0.25) is 4.99 Å². The average Bonchev–Trinajstić information content (AvgIpc) is 1.92. The van der Waals surface area contributed by atoms with Gasteiger partial charge in [0, 0.05) is 7.05 Å². The third-order valence-corrected chi connectivity index (χ3v) is 0.909. The predicted octanol–water partition coefficient (Wildman–Crippen LogP) is 1.29. The Hall–Kier alpha value is -0.960. The van der Waals surface area contributed by atoms with Gasteiger partial charge in [0.25, 0.3) is 0 Å². The summed E-state index contributed by atoms with van der Waals surface area (Å²) in [4.78, 5) is 7.24. The molecule has 0 aliphatic carbocycles. The number of rotatable bonds is 1. The van der Waals surface area contributed by atoms with E-state index >= 15 is 0 Å². The largest absolute Gasteiger partial charge is 0.382 e. The van der Waals surface area contributed by atoms with Crippen LogP contribution in [-0.4, -0.2) is 30.3 Å². The summed E-state index contributed by atoms with van der Waals surface area (Å²) in [6.07, 6.45) is 0. The summed E-state index contributed by atoms with van der Waals surface area (Å²) in [7, 11) is 1.57. The second kappa shape index (κ2) is 5.80.